The summed E-state index contributed by atoms with van der Waals surface area (Å²) in [5.74, 6) is 0.0350. The monoisotopic (exact) mass is 163 g/mol. The third-order valence-electron chi connectivity index (χ3n) is 1.79. The maximum absolute atomic E-state index is 11.1. The maximum Gasteiger partial charge on any atom is 0.193 e. The minimum atomic E-state index is 0.0350. The molecule has 0 radical (unpaired) electrons. The number of aliphatic imine (C=N–C) groups is 1. The number of hydrogen-bond acceptors (Lipinski definition) is 4. The second-order valence-corrected chi connectivity index (χ2v) is 2.69. The van der Waals surface area contributed by atoms with Crippen LogP contribution in [0.3, 0.4) is 0 Å². The van der Waals surface area contributed by atoms with Crippen LogP contribution in [-0.2, 0) is 4.79 Å². The Balaban J connectivity index is 2.27. The molecule has 4 nitrogen and oxygen atoms in total. The number of Topliss-reactive ketones (excluding diaryl/α,β-unsaturated/α-hetero) is 1. The minimum Gasteiger partial charge on any atom is -0.384 e. The summed E-state index contributed by atoms with van der Waals surface area (Å²) in [4.78, 5) is 16.8. The summed E-state index contributed by atoms with van der Waals surface area (Å²) in [5.41, 5.74) is 1.03. The molecule has 0 bridgehead atoms. The molecule has 2 aliphatic rings. The number of ketones is 1. The molecule has 0 aromatic carbocycles. The standard InChI is InChI=1S/C8H9N3O/c12-8-5-10-4-7-3-9-1-2-11(7)6-8/h1-2,4-5,9H,3,6H2. The van der Waals surface area contributed by atoms with Crippen molar-refractivity contribution in [2.24, 2.45) is 4.99 Å². The Bertz CT molecular complexity index is 291. The van der Waals surface area contributed by atoms with Crippen molar-refractivity contribution < 1.29 is 4.79 Å². The fourth-order valence-corrected chi connectivity index (χ4v) is 1.19. The number of nitrogens with one attached hydrogen (secondary N) is 1. The van der Waals surface area contributed by atoms with Gasteiger partial charge in [0.25, 0.3) is 0 Å². The third kappa shape index (κ3) is 1.23. The van der Waals surface area contributed by atoms with E-state index in [1.807, 2.05) is 17.3 Å². The number of rotatable bonds is 0. The van der Waals surface area contributed by atoms with Gasteiger partial charge in [-0.3, -0.25) is 9.79 Å². The SMILES string of the molecule is O=C1C=NC=C2CNC=CN2C1. The van der Waals surface area contributed by atoms with Crippen LogP contribution in [0.4, 0.5) is 0 Å². The van der Waals surface area contributed by atoms with Crippen LogP contribution in [0, 0.1) is 0 Å². The molecule has 0 unspecified atom stereocenters. The average Bonchev–Trinajstić information content (AvgIpc) is 2.25. The quantitative estimate of drug-likeness (QED) is 0.540. The lowest BCUT2D eigenvalue weighted by Gasteiger charge is -2.24. The van der Waals surface area contributed by atoms with Crippen LogP contribution in [0.25, 0.3) is 0 Å². The lowest BCUT2D eigenvalue weighted by molar-refractivity contribution is -0.112. The Morgan fingerprint density at radius 1 is 1.58 bits per heavy atom. The highest BCUT2D eigenvalue weighted by Gasteiger charge is 2.14. The summed E-state index contributed by atoms with van der Waals surface area (Å²) in [6.45, 7) is 1.13. The summed E-state index contributed by atoms with van der Waals surface area (Å²) < 4.78 is 0. The zero-order chi connectivity index (χ0) is 8.39. The Kier molecular flexibility index (Phi) is 1.66. The van der Waals surface area contributed by atoms with Crippen molar-refractivity contribution in [2.45, 2.75) is 0 Å². The normalized spacial score (nSPS) is 21.2. The van der Waals surface area contributed by atoms with Crippen molar-refractivity contribution in [1.82, 2.24) is 10.2 Å². The largest absolute Gasteiger partial charge is 0.384 e. The van der Waals surface area contributed by atoms with E-state index < -0.39 is 0 Å². The van der Waals surface area contributed by atoms with Crippen LogP contribution < -0.4 is 5.32 Å². The summed E-state index contributed by atoms with van der Waals surface area (Å²) in [5, 5.41) is 3.05. The van der Waals surface area contributed by atoms with Gasteiger partial charge < -0.3 is 10.2 Å². The van der Waals surface area contributed by atoms with Gasteiger partial charge in [-0.15, -0.1) is 0 Å². The molecule has 0 saturated carbocycles. The van der Waals surface area contributed by atoms with Gasteiger partial charge in [-0.1, -0.05) is 0 Å². The lowest BCUT2D eigenvalue weighted by Crippen LogP contribution is -2.32. The fraction of sp³-hybridized carbons (Fsp3) is 0.250. The first-order valence-corrected chi connectivity index (χ1v) is 3.78. The van der Waals surface area contributed by atoms with E-state index in [4.69, 9.17) is 0 Å². The number of fused-ring (bicyclic) bond motifs is 1. The van der Waals surface area contributed by atoms with Crippen molar-refractivity contribution >= 4 is 12.0 Å². The Labute approximate surface area is 70.3 Å². The Morgan fingerprint density at radius 2 is 2.50 bits per heavy atom. The summed E-state index contributed by atoms with van der Waals surface area (Å²) >= 11 is 0. The van der Waals surface area contributed by atoms with Crippen molar-refractivity contribution in [1.29, 1.82) is 0 Å². The van der Waals surface area contributed by atoms with Gasteiger partial charge in [-0.05, 0) is 0 Å². The zero-order valence-electron chi connectivity index (χ0n) is 6.53. The first-order valence-electron chi connectivity index (χ1n) is 3.78. The van der Waals surface area contributed by atoms with E-state index in [9.17, 15) is 4.79 Å². The smallest absolute Gasteiger partial charge is 0.193 e. The molecule has 0 saturated heterocycles. The molecule has 0 aliphatic carbocycles. The molecule has 0 aromatic rings. The van der Waals surface area contributed by atoms with E-state index in [1.165, 1.54) is 6.21 Å². The van der Waals surface area contributed by atoms with Crippen LogP contribution in [0.2, 0.25) is 0 Å². The number of carbonyl (C=O) groups excluding carboxylic acids is 1. The van der Waals surface area contributed by atoms with Gasteiger partial charge >= 0.3 is 0 Å². The predicted molar refractivity (Wildman–Crippen MR) is 45.4 cm³/mol. The molecular weight excluding hydrogens is 154 g/mol. The topological polar surface area (TPSA) is 44.7 Å². The molecule has 4 heteroatoms. The molecule has 2 heterocycles. The van der Waals surface area contributed by atoms with Crippen LogP contribution >= 0.6 is 0 Å². The van der Waals surface area contributed by atoms with Crippen molar-refractivity contribution in [3.05, 3.63) is 24.3 Å². The molecule has 0 atom stereocenters. The first-order chi connectivity index (χ1) is 5.86. The molecule has 0 spiro atoms. The predicted octanol–water partition coefficient (Wildman–Crippen LogP) is -0.142. The van der Waals surface area contributed by atoms with E-state index >= 15 is 0 Å². The lowest BCUT2D eigenvalue weighted by atomic mass is 10.3. The van der Waals surface area contributed by atoms with Crippen molar-refractivity contribution in [3.8, 4) is 0 Å². The van der Waals surface area contributed by atoms with Gasteiger partial charge in [0.15, 0.2) is 5.78 Å². The van der Waals surface area contributed by atoms with Gasteiger partial charge in [0.2, 0.25) is 0 Å². The van der Waals surface area contributed by atoms with E-state index in [0.717, 1.165) is 12.2 Å². The van der Waals surface area contributed by atoms with Crippen LogP contribution in [-0.4, -0.2) is 30.0 Å². The summed E-state index contributed by atoms with van der Waals surface area (Å²) in [7, 11) is 0. The highest BCUT2D eigenvalue weighted by molar-refractivity contribution is 6.28. The van der Waals surface area contributed by atoms with Gasteiger partial charge in [0, 0.05) is 18.6 Å². The van der Waals surface area contributed by atoms with Gasteiger partial charge in [-0.25, -0.2) is 0 Å². The molecule has 0 aromatic heterocycles. The number of carbonyl (C=O) groups is 1. The molecule has 12 heavy (non-hydrogen) atoms. The van der Waals surface area contributed by atoms with Crippen molar-refractivity contribution in [2.75, 3.05) is 13.1 Å². The van der Waals surface area contributed by atoms with E-state index in [1.54, 1.807) is 6.20 Å². The van der Waals surface area contributed by atoms with E-state index in [2.05, 4.69) is 10.3 Å². The van der Waals surface area contributed by atoms with Gasteiger partial charge in [0.05, 0.1) is 25.0 Å². The van der Waals surface area contributed by atoms with Crippen molar-refractivity contribution in [3.63, 3.8) is 0 Å². The molecule has 1 N–H and O–H groups in total. The molecule has 0 fully saturated rings. The molecule has 2 rings (SSSR count). The molecule has 0 amide bonds. The molecule has 2 aliphatic heterocycles. The molecule has 62 valence electrons. The van der Waals surface area contributed by atoms with Gasteiger partial charge in [-0.2, -0.15) is 0 Å². The summed E-state index contributed by atoms with van der Waals surface area (Å²) in [6, 6.07) is 0. The minimum absolute atomic E-state index is 0.0350. The third-order valence-corrected chi connectivity index (χ3v) is 1.79. The van der Waals surface area contributed by atoms with Crippen LogP contribution in [0.1, 0.15) is 0 Å². The van der Waals surface area contributed by atoms with Crippen LogP contribution in [0.15, 0.2) is 29.3 Å². The Morgan fingerprint density at radius 3 is 3.42 bits per heavy atom. The fourth-order valence-electron chi connectivity index (χ4n) is 1.19. The second kappa shape index (κ2) is 2.81. The summed E-state index contributed by atoms with van der Waals surface area (Å²) in [6.07, 6.45) is 6.75. The maximum atomic E-state index is 11.1. The average molecular weight is 163 g/mol. The number of hydrogen-bond donors (Lipinski definition) is 1. The highest BCUT2D eigenvalue weighted by atomic mass is 16.1. The van der Waals surface area contributed by atoms with Gasteiger partial charge in [0.1, 0.15) is 0 Å². The highest BCUT2D eigenvalue weighted by Crippen LogP contribution is 2.09. The number of nitrogens with zero attached hydrogens (tertiary/aromatic N) is 2. The zero-order valence-corrected chi connectivity index (χ0v) is 6.53. The second-order valence-electron chi connectivity index (χ2n) is 2.69. The molecular formula is C8H9N3O. The van der Waals surface area contributed by atoms with E-state index in [0.29, 0.717) is 6.54 Å². The Hall–Kier alpha value is -1.58. The van der Waals surface area contributed by atoms with Crippen LogP contribution in [0.5, 0.6) is 0 Å². The first kappa shape index (κ1) is 7.09. The van der Waals surface area contributed by atoms with E-state index in [-0.39, 0.29) is 5.78 Å².